The molecule has 156 valence electrons. The van der Waals surface area contributed by atoms with E-state index in [9.17, 15) is 14.4 Å². The molecule has 0 amide bonds. The third-order valence-electron chi connectivity index (χ3n) is 3.98. The van der Waals surface area contributed by atoms with Crippen LogP contribution in [-0.4, -0.2) is 62.8 Å². The molecule has 29 heavy (non-hydrogen) atoms. The summed E-state index contributed by atoms with van der Waals surface area (Å²) in [7, 11) is 0. The average molecular weight is 428 g/mol. The van der Waals surface area contributed by atoms with E-state index in [-0.39, 0.29) is 29.2 Å². The molecule has 13 heteroatoms. The van der Waals surface area contributed by atoms with Crippen molar-refractivity contribution in [3.63, 3.8) is 0 Å². The van der Waals surface area contributed by atoms with E-state index in [1.165, 1.54) is 20.8 Å². The number of aromatic nitrogens is 4. The second-order valence-corrected chi connectivity index (χ2v) is 6.60. The Hall–Kier alpha value is -2.99. The highest BCUT2D eigenvalue weighted by atomic mass is 35.5. The number of hydrogen-bond acceptors (Lipinski definition) is 11. The van der Waals surface area contributed by atoms with Crippen LogP contribution in [0.4, 0.5) is 5.95 Å². The van der Waals surface area contributed by atoms with E-state index in [0.717, 1.165) is 0 Å². The smallest absolute Gasteiger partial charge is 0.303 e. The fraction of sp³-hybridized carbons (Fsp3) is 0.500. The predicted octanol–water partition coefficient (Wildman–Crippen LogP) is 0.455. The van der Waals surface area contributed by atoms with Gasteiger partial charge >= 0.3 is 17.9 Å². The van der Waals surface area contributed by atoms with Gasteiger partial charge in [-0.15, -0.1) is 0 Å². The summed E-state index contributed by atoms with van der Waals surface area (Å²) >= 11 is 6.06. The Kier molecular flexibility index (Phi) is 5.84. The minimum Gasteiger partial charge on any atom is -0.463 e. The number of aromatic amines is 1. The van der Waals surface area contributed by atoms with Gasteiger partial charge in [-0.1, -0.05) is 11.6 Å². The monoisotopic (exact) mass is 427 g/mol. The van der Waals surface area contributed by atoms with Gasteiger partial charge < -0.3 is 29.7 Å². The number of nitrogens with two attached hydrogens (primary N) is 1. The van der Waals surface area contributed by atoms with Gasteiger partial charge in [0.25, 0.3) is 0 Å². The van der Waals surface area contributed by atoms with E-state index in [2.05, 4.69) is 19.9 Å². The summed E-state index contributed by atoms with van der Waals surface area (Å²) in [5.41, 5.74) is 6.06. The van der Waals surface area contributed by atoms with Crippen LogP contribution in [0.1, 0.15) is 32.7 Å². The van der Waals surface area contributed by atoms with Gasteiger partial charge in [0, 0.05) is 20.8 Å². The lowest BCUT2D eigenvalue weighted by atomic mass is 10.1. The molecule has 12 nitrogen and oxygen atoms in total. The zero-order valence-electron chi connectivity index (χ0n) is 15.7. The highest BCUT2D eigenvalue weighted by Crippen LogP contribution is 2.37. The summed E-state index contributed by atoms with van der Waals surface area (Å²) < 4.78 is 21.5. The SMILES string of the molecule is CC(=O)OC[C@H]1OC(c2nc3nc(N)nc(Cl)c3[nH]2)[C@H](OC(C)=O)[C@@H]1OC(C)=O. The van der Waals surface area contributed by atoms with Gasteiger partial charge in [-0.25, -0.2) is 4.98 Å². The summed E-state index contributed by atoms with van der Waals surface area (Å²) in [5, 5.41) is 0.0429. The van der Waals surface area contributed by atoms with Crippen molar-refractivity contribution in [1.29, 1.82) is 0 Å². The second-order valence-electron chi connectivity index (χ2n) is 6.24. The first-order valence-electron chi connectivity index (χ1n) is 8.47. The number of nitrogen functional groups attached to an aromatic ring is 1. The molecular formula is C16H18ClN5O7. The van der Waals surface area contributed by atoms with Gasteiger partial charge in [0.15, 0.2) is 29.1 Å². The molecule has 2 aromatic heterocycles. The summed E-state index contributed by atoms with van der Waals surface area (Å²) in [6.45, 7) is 3.39. The third kappa shape index (κ3) is 4.54. The standard InChI is InChI=1S/C16H18ClN5O7/c1-5(23)26-4-8-10(27-6(2)24)11(28-7(3)25)12(29-8)15-19-9-13(17)20-16(18)22-14(9)21-15/h8,10-12H,4H2,1-3H3,(H3,18,19,20,21,22)/t8-,10-,11-,12?/m1/s1. The molecule has 3 N–H and O–H groups in total. The number of nitrogens with one attached hydrogen (secondary N) is 1. The molecule has 0 aliphatic carbocycles. The summed E-state index contributed by atoms with van der Waals surface area (Å²) in [6, 6.07) is 0. The molecular weight excluding hydrogens is 410 g/mol. The number of carbonyl (C=O) groups excluding carboxylic acids is 3. The van der Waals surface area contributed by atoms with Crippen LogP contribution in [0, 0.1) is 0 Å². The number of halogens is 1. The zero-order valence-corrected chi connectivity index (χ0v) is 16.4. The van der Waals surface area contributed by atoms with Crippen molar-refractivity contribution >= 4 is 46.6 Å². The van der Waals surface area contributed by atoms with Crippen LogP contribution < -0.4 is 5.73 Å². The normalized spacial score (nSPS) is 23.7. The van der Waals surface area contributed by atoms with Gasteiger partial charge in [-0.2, -0.15) is 9.97 Å². The summed E-state index contributed by atoms with van der Waals surface area (Å²) in [5.74, 6) is -1.70. The van der Waals surface area contributed by atoms with Crippen molar-refractivity contribution in [2.24, 2.45) is 0 Å². The molecule has 1 saturated heterocycles. The molecule has 0 spiro atoms. The highest BCUT2D eigenvalue weighted by molar-refractivity contribution is 6.33. The lowest BCUT2D eigenvalue weighted by Crippen LogP contribution is -2.40. The Balaban J connectivity index is 2.00. The maximum atomic E-state index is 11.7. The molecule has 1 fully saturated rings. The summed E-state index contributed by atoms with van der Waals surface area (Å²) in [6.07, 6.45) is -4.01. The van der Waals surface area contributed by atoms with Crippen LogP contribution in [-0.2, 0) is 33.3 Å². The maximum Gasteiger partial charge on any atom is 0.303 e. The first-order valence-corrected chi connectivity index (χ1v) is 8.85. The first-order chi connectivity index (χ1) is 13.7. The van der Waals surface area contributed by atoms with E-state index >= 15 is 0 Å². The third-order valence-corrected chi connectivity index (χ3v) is 4.25. The van der Waals surface area contributed by atoms with E-state index in [1.54, 1.807) is 0 Å². The van der Waals surface area contributed by atoms with Crippen LogP contribution in [0.2, 0.25) is 5.15 Å². The molecule has 4 atom stereocenters. The number of hydrogen-bond donors (Lipinski definition) is 2. The van der Waals surface area contributed by atoms with Crippen molar-refractivity contribution < 1.29 is 33.3 Å². The van der Waals surface area contributed by atoms with Gasteiger partial charge in [0.2, 0.25) is 5.95 Å². The van der Waals surface area contributed by atoms with Crippen molar-refractivity contribution in [1.82, 2.24) is 19.9 Å². The summed E-state index contributed by atoms with van der Waals surface area (Å²) in [4.78, 5) is 49.4. The van der Waals surface area contributed by atoms with Crippen molar-refractivity contribution in [3.05, 3.63) is 11.0 Å². The average Bonchev–Trinajstić information content (AvgIpc) is 3.15. The Labute approximate surface area is 169 Å². The molecule has 1 unspecified atom stereocenters. The van der Waals surface area contributed by atoms with Crippen molar-refractivity contribution in [3.8, 4) is 0 Å². The minimum absolute atomic E-state index is 0.0429. The zero-order chi connectivity index (χ0) is 21.3. The number of ether oxygens (including phenoxy) is 4. The first kappa shape index (κ1) is 20.7. The number of rotatable bonds is 5. The lowest BCUT2D eigenvalue weighted by Gasteiger charge is -2.22. The number of nitrogens with zero attached hydrogens (tertiary/aromatic N) is 3. The molecule has 0 radical (unpaired) electrons. The van der Waals surface area contributed by atoms with E-state index in [0.29, 0.717) is 5.52 Å². The number of imidazole rings is 1. The van der Waals surface area contributed by atoms with E-state index in [4.69, 9.17) is 36.3 Å². The molecule has 1 aliphatic rings. The minimum atomic E-state index is -1.07. The fourth-order valence-corrected chi connectivity index (χ4v) is 3.19. The van der Waals surface area contributed by atoms with Gasteiger partial charge in [-0.3, -0.25) is 14.4 Å². The Morgan fingerprint density at radius 1 is 1.07 bits per heavy atom. The molecule has 0 bridgehead atoms. The quantitative estimate of drug-likeness (QED) is 0.386. The Morgan fingerprint density at radius 3 is 2.34 bits per heavy atom. The maximum absolute atomic E-state index is 11.7. The topological polar surface area (TPSA) is 169 Å². The Bertz CT molecular complexity index is 965. The number of anilines is 1. The van der Waals surface area contributed by atoms with Gasteiger partial charge in [-0.05, 0) is 0 Å². The molecule has 1 aliphatic heterocycles. The number of H-pyrrole nitrogens is 1. The molecule has 3 rings (SSSR count). The highest BCUT2D eigenvalue weighted by Gasteiger charge is 2.51. The van der Waals surface area contributed by atoms with Gasteiger partial charge in [0.1, 0.15) is 24.1 Å². The molecule has 3 heterocycles. The van der Waals surface area contributed by atoms with Crippen molar-refractivity contribution in [2.75, 3.05) is 12.3 Å². The van der Waals surface area contributed by atoms with Crippen LogP contribution in [0.15, 0.2) is 0 Å². The molecule has 0 aromatic carbocycles. The number of fused-ring (bicyclic) bond motifs is 1. The van der Waals surface area contributed by atoms with E-state index in [1.807, 2.05) is 0 Å². The largest absolute Gasteiger partial charge is 0.463 e. The van der Waals surface area contributed by atoms with Crippen LogP contribution in [0.25, 0.3) is 11.2 Å². The van der Waals surface area contributed by atoms with Crippen LogP contribution >= 0.6 is 11.6 Å². The molecule has 2 aromatic rings. The predicted molar refractivity (Wildman–Crippen MR) is 96.5 cm³/mol. The fourth-order valence-electron chi connectivity index (χ4n) is 2.97. The number of carbonyl (C=O) groups is 3. The second kappa shape index (κ2) is 8.17. The molecule has 0 saturated carbocycles. The Morgan fingerprint density at radius 2 is 1.72 bits per heavy atom. The van der Waals surface area contributed by atoms with E-state index < -0.39 is 42.3 Å². The van der Waals surface area contributed by atoms with Crippen LogP contribution in [0.5, 0.6) is 0 Å². The number of esters is 3. The van der Waals surface area contributed by atoms with Gasteiger partial charge in [0.05, 0.1) is 0 Å². The van der Waals surface area contributed by atoms with Crippen molar-refractivity contribution in [2.45, 2.75) is 45.2 Å². The van der Waals surface area contributed by atoms with Crippen LogP contribution in [0.3, 0.4) is 0 Å². The lowest BCUT2D eigenvalue weighted by molar-refractivity contribution is -0.165.